The molecule has 1 unspecified atom stereocenters. The molecule has 0 aliphatic rings. The van der Waals surface area contributed by atoms with Gasteiger partial charge in [0.15, 0.2) is 0 Å². The van der Waals surface area contributed by atoms with Crippen LogP contribution < -0.4 is 0 Å². The first-order valence-electron chi connectivity index (χ1n) is 6.01. The van der Waals surface area contributed by atoms with Gasteiger partial charge in [0, 0.05) is 4.75 Å². The van der Waals surface area contributed by atoms with Crippen molar-refractivity contribution in [1.29, 1.82) is 5.26 Å². The Morgan fingerprint density at radius 3 is 1.88 bits per heavy atom. The minimum Gasteiger partial charge on any atom is -0.197 e. The molecule has 0 heterocycles. The van der Waals surface area contributed by atoms with Gasteiger partial charge in [0.25, 0.3) is 0 Å². The summed E-state index contributed by atoms with van der Waals surface area (Å²) in [5.41, 5.74) is 2.43. The van der Waals surface area contributed by atoms with Gasteiger partial charge >= 0.3 is 0 Å². The number of nitriles is 1. The minimum atomic E-state index is -0.0730. The highest BCUT2D eigenvalue weighted by Gasteiger charge is 2.20. The topological polar surface area (TPSA) is 23.8 Å². The summed E-state index contributed by atoms with van der Waals surface area (Å²) in [4.78, 5) is 0. The molecule has 17 heavy (non-hydrogen) atoms. The highest BCUT2D eigenvalue weighted by Crippen LogP contribution is 2.38. The van der Waals surface area contributed by atoms with E-state index in [1.54, 1.807) is 11.8 Å². The zero-order valence-electron chi connectivity index (χ0n) is 11.3. The maximum atomic E-state index is 9.25. The van der Waals surface area contributed by atoms with E-state index < -0.39 is 0 Å². The minimum absolute atomic E-state index is 0.0730. The predicted molar refractivity (Wildman–Crippen MR) is 76.2 cm³/mol. The Morgan fingerprint density at radius 1 is 1.06 bits per heavy atom. The van der Waals surface area contributed by atoms with E-state index in [1.807, 2.05) is 0 Å². The highest BCUT2D eigenvalue weighted by molar-refractivity contribution is 8.01. The Bertz CT molecular complexity index is 392. The number of rotatable bonds is 3. The number of benzene rings is 1. The number of nitrogens with zero attached hydrogens (tertiary/aromatic N) is 1. The monoisotopic (exact) mass is 247 g/mol. The van der Waals surface area contributed by atoms with E-state index >= 15 is 0 Å². The van der Waals surface area contributed by atoms with E-state index in [4.69, 9.17) is 0 Å². The molecular weight excluding hydrogens is 226 g/mol. The van der Waals surface area contributed by atoms with Gasteiger partial charge in [-0.1, -0.05) is 58.9 Å². The fourth-order valence-corrected chi connectivity index (χ4v) is 2.63. The van der Waals surface area contributed by atoms with Crippen LogP contribution >= 0.6 is 11.8 Å². The second kappa shape index (κ2) is 5.60. The van der Waals surface area contributed by atoms with E-state index in [9.17, 15) is 5.26 Å². The average molecular weight is 247 g/mol. The van der Waals surface area contributed by atoms with Gasteiger partial charge in [-0.25, -0.2) is 0 Å². The van der Waals surface area contributed by atoms with Gasteiger partial charge in [0.05, 0.1) is 6.07 Å². The molecular formula is C15H21NS. The molecule has 0 amide bonds. The van der Waals surface area contributed by atoms with Crippen molar-refractivity contribution in [3.05, 3.63) is 35.4 Å². The standard InChI is InChI=1S/C15H21NS/c1-11(2)12-6-8-13(9-7-12)14(10-16)17-15(3,4)5/h6-9,11,14H,1-5H3. The van der Waals surface area contributed by atoms with Crippen LogP contribution in [0.2, 0.25) is 0 Å². The molecule has 0 aliphatic carbocycles. The van der Waals surface area contributed by atoms with E-state index in [-0.39, 0.29) is 10.00 Å². The summed E-state index contributed by atoms with van der Waals surface area (Å²) < 4.78 is 0.108. The Morgan fingerprint density at radius 2 is 1.53 bits per heavy atom. The van der Waals surface area contributed by atoms with Gasteiger partial charge in [0.1, 0.15) is 5.25 Å². The van der Waals surface area contributed by atoms with Crippen molar-refractivity contribution >= 4 is 11.8 Å². The summed E-state index contributed by atoms with van der Waals surface area (Å²) in [6, 6.07) is 10.8. The Kier molecular flexibility index (Phi) is 4.65. The molecule has 0 fully saturated rings. The Balaban J connectivity index is 2.87. The summed E-state index contributed by atoms with van der Waals surface area (Å²) >= 11 is 1.71. The molecule has 0 saturated carbocycles. The largest absolute Gasteiger partial charge is 0.197 e. The molecule has 0 spiro atoms. The molecule has 0 saturated heterocycles. The molecule has 1 rings (SSSR count). The molecule has 0 bridgehead atoms. The fraction of sp³-hybridized carbons (Fsp3) is 0.533. The van der Waals surface area contributed by atoms with Crippen LogP contribution in [0.5, 0.6) is 0 Å². The molecule has 0 aromatic heterocycles. The van der Waals surface area contributed by atoms with Crippen molar-refractivity contribution in [3.8, 4) is 6.07 Å². The Labute approximate surface area is 109 Å². The first kappa shape index (κ1) is 14.1. The van der Waals surface area contributed by atoms with Crippen molar-refractivity contribution in [2.24, 2.45) is 0 Å². The van der Waals surface area contributed by atoms with Crippen LogP contribution in [0.1, 0.15) is 56.9 Å². The summed E-state index contributed by atoms with van der Waals surface area (Å²) in [5.74, 6) is 0.542. The lowest BCUT2D eigenvalue weighted by Gasteiger charge is -2.21. The van der Waals surface area contributed by atoms with Gasteiger partial charge in [-0.05, 0) is 17.0 Å². The third-order valence-corrected chi connectivity index (χ3v) is 3.81. The first-order chi connectivity index (χ1) is 7.83. The van der Waals surface area contributed by atoms with Gasteiger partial charge < -0.3 is 0 Å². The highest BCUT2D eigenvalue weighted by atomic mass is 32.2. The zero-order chi connectivity index (χ0) is 13.1. The number of hydrogen-bond donors (Lipinski definition) is 0. The van der Waals surface area contributed by atoms with Gasteiger partial charge in [-0.15, -0.1) is 11.8 Å². The second-order valence-corrected chi connectivity index (χ2v) is 7.49. The van der Waals surface area contributed by atoms with Gasteiger partial charge in [0.2, 0.25) is 0 Å². The molecule has 1 atom stereocenters. The average Bonchev–Trinajstić information content (AvgIpc) is 2.25. The van der Waals surface area contributed by atoms with Crippen molar-refractivity contribution in [3.63, 3.8) is 0 Å². The van der Waals surface area contributed by atoms with Crippen LogP contribution in [-0.4, -0.2) is 4.75 Å². The normalized spacial score (nSPS) is 13.5. The number of hydrogen-bond acceptors (Lipinski definition) is 2. The molecule has 0 N–H and O–H groups in total. The summed E-state index contributed by atoms with van der Waals surface area (Å²) in [6.07, 6.45) is 0. The van der Waals surface area contributed by atoms with E-state index in [0.717, 1.165) is 5.56 Å². The lowest BCUT2D eigenvalue weighted by atomic mass is 10.0. The third kappa shape index (κ3) is 4.44. The molecule has 1 nitrogen and oxygen atoms in total. The second-order valence-electron chi connectivity index (χ2n) is 5.56. The lowest BCUT2D eigenvalue weighted by molar-refractivity contribution is 0.799. The maximum Gasteiger partial charge on any atom is 0.117 e. The van der Waals surface area contributed by atoms with E-state index in [0.29, 0.717) is 5.92 Å². The zero-order valence-corrected chi connectivity index (χ0v) is 12.1. The molecule has 1 aromatic rings. The van der Waals surface area contributed by atoms with Crippen LogP contribution in [0.25, 0.3) is 0 Å². The van der Waals surface area contributed by atoms with E-state index in [1.165, 1.54) is 5.56 Å². The maximum absolute atomic E-state index is 9.25. The molecule has 2 heteroatoms. The van der Waals surface area contributed by atoms with Crippen molar-refractivity contribution < 1.29 is 0 Å². The molecule has 92 valence electrons. The van der Waals surface area contributed by atoms with Crippen LogP contribution in [0.3, 0.4) is 0 Å². The SMILES string of the molecule is CC(C)c1ccc(C(C#N)SC(C)(C)C)cc1. The Hall–Kier alpha value is -0.940. The van der Waals surface area contributed by atoms with Crippen molar-refractivity contribution in [2.45, 2.75) is 50.5 Å². The fourth-order valence-electron chi connectivity index (χ4n) is 1.58. The summed E-state index contributed by atoms with van der Waals surface area (Å²) in [5, 5.41) is 9.18. The molecule has 0 aliphatic heterocycles. The van der Waals surface area contributed by atoms with E-state index in [2.05, 4.69) is 65.0 Å². The molecule has 0 radical (unpaired) electrons. The van der Waals surface area contributed by atoms with Gasteiger partial charge in [-0.2, -0.15) is 5.26 Å². The van der Waals surface area contributed by atoms with Crippen LogP contribution in [0.15, 0.2) is 24.3 Å². The summed E-state index contributed by atoms with van der Waals surface area (Å²) in [6.45, 7) is 10.8. The predicted octanol–water partition coefficient (Wildman–Crippen LogP) is 4.91. The van der Waals surface area contributed by atoms with Crippen molar-refractivity contribution in [2.75, 3.05) is 0 Å². The van der Waals surface area contributed by atoms with Crippen molar-refractivity contribution in [1.82, 2.24) is 0 Å². The lowest BCUT2D eigenvalue weighted by Crippen LogP contribution is -2.10. The quantitative estimate of drug-likeness (QED) is 0.758. The summed E-state index contributed by atoms with van der Waals surface area (Å²) in [7, 11) is 0. The third-order valence-electron chi connectivity index (χ3n) is 2.49. The van der Waals surface area contributed by atoms with Gasteiger partial charge in [-0.3, -0.25) is 0 Å². The first-order valence-corrected chi connectivity index (χ1v) is 6.89. The van der Waals surface area contributed by atoms with Crippen LogP contribution in [0, 0.1) is 11.3 Å². The number of thioether (sulfide) groups is 1. The van der Waals surface area contributed by atoms with Crippen LogP contribution in [-0.2, 0) is 0 Å². The molecule has 1 aromatic carbocycles. The smallest absolute Gasteiger partial charge is 0.117 e. The van der Waals surface area contributed by atoms with Crippen LogP contribution in [0.4, 0.5) is 0 Å².